The molecule has 0 aromatic heterocycles. The van der Waals surface area contributed by atoms with Crippen molar-refractivity contribution in [2.75, 3.05) is 5.32 Å². The molecule has 0 spiro atoms. The van der Waals surface area contributed by atoms with E-state index in [1.54, 1.807) is 0 Å². The summed E-state index contributed by atoms with van der Waals surface area (Å²) in [7, 11) is 0. The number of nitrogens with two attached hydrogens (primary N) is 1. The van der Waals surface area contributed by atoms with Crippen molar-refractivity contribution in [1.82, 2.24) is 0 Å². The van der Waals surface area contributed by atoms with Crippen LogP contribution in [0, 0.1) is 5.92 Å². The van der Waals surface area contributed by atoms with Crippen molar-refractivity contribution in [3.8, 4) is 0 Å². The lowest BCUT2D eigenvalue weighted by Gasteiger charge is -2.18. The maximum Gasteiger partial charge on any atom is 0.241 e. The van der Waals surface area contributed by atoms with Crippen molar-refractivity contribution >= 4 is 11.6 Å². The van der Waals surface area contributed by atoms with Crippen LogP contribution in [0.3, 0.4) is 0 Å². The number of nitrogens with one attached hydrogen (secondary N) is 1. The Kier molecular flexibility index (Phi) is 5.16. The predicted octanol–water partition coefficient (Wildman–Crippen LogP) is 2.56. The van der Waals surface area contributed by atoms with Crippen molar-refractivity contribution < 1.29 is 4.79 Å². The van der Waals surface area contributed by atoms with Crippen LogP contribution in [0.2, 0.25) is 0 Å². The lowest BCUT2D eigenvalue weighted by molar-refractivity contribution is -0.118. The molecule has 3 nitrogen and oxygen atoms in total. The Morgan fingerprint density at radius 2 is 2.00 bits per heavy atom. The Hall–Kier alpha value is -1.35. The fraction of sp³-hybridized carbons (Fsp3) is 0.500. The number of para-hydroxylation sites is 1. The van der Waals surface area contributed by atoms with Crippen LogP contribution < -0.4 is 11.1 Å². The number of hydrogen-bond donors (Lipinski definition) is 2. The lowest BCUT2D eigenvalue weighted by Crippen LogP contribution is -2.40. The number of carbonyl (C=O) groups excluding carboxylic acids is 1. The summed E-state index contributed by atoms with van der Waals surface area (Å²) in [5, 5.41) is 2.91. The van der Waals surface area contributed by atoms with E-state index in [1.807, 2.05) is 38.1 Å². The average molecular weight is 234 g/mol. The van der Waals surface area contributed by atoms with Gasteiger partial charge >= 0.3 is 0 Å². The number of anilines is 1. The third kappa shape index (κ3) is 3.56. The summed E-state index contributed by atoms with van der Waals surface area (Å²) in [6, 6.07) is 7.39. The van der Waals surface area contributed by atoms with Crippen molar-refractivity contribution in [1.29, 1.82) is 0 Å². The van der Waals surface area contributed by atoms with E-state index in [0.717, 1.165) is 24.1 Å². The zero-order valence-electron chi connectivity index (χ0n) is 10.9. The van der Waals surface area contributed by atoms with Gasteiger partial charge in [0.1, 0.15) is 0 Å². The fourth-order valence-corrected chi connectivity index (χ4v) is 1.68. The van der Waals surface area contributed by atoms with Crippen LogP contribution in [0.15, 0.2) is 24.3 Å². The summed E-state index contributed by atoms with van der Waals surface area (Å²) in [6.45, 7) is 6.10. The van der Waals surface area contributed by atoms with Crippen LogP contribution in [-0.4, -0.2) is 11.9 Å². The molecule has 17 heavy (non-hydrogen) atoms. The first-order valence-electron chi connectivity index (χ1n) is 6.24. The van der Waals surface area contributed by atoms with E-state index < -0.39 is 6.04 Å². The van der Waals surface area contributed by atoms with Gasteiger partial charge in [-0.3, -0.25) is 4.79 Å². The molecule has 1 aromatic rings. The number of carbonyl (C=O) groups is 1. The van der Waals surface area contributed by atoms with Gasteiger partial charge in [0, 0.05) is 5.69 Å². The van der Waals surface area contributed by atoms with Crippen molar-refractivity contribution in [3.05, 3.63) is 29.8 Å². The van der Waals surface area contributed by atoms with E-state index >= 15 is 0 Å². The van der Waals surface area contributed by atoms with Gasteiger partial charge in [-0.1, -0.05) is 45.4 Å². The molecule has 94 valence electrons. The normalized spacial score (nSPS) is 14.1. The van der Waals surface area contributed by atoms with E-state index in [4.69, 9.17) is 5.73 Å². The third-order valence-corrected chi connectivity index (χ3v) is 3.22. The molecule has 0 saturated carbocycles. The molecule has 1 rings (SSSR count). The Labute approximate surface area is 103 Å². The smallest absolute Gasteiger partial charge is 0.241 e. The van der Waals surface area contributed by atoms with Crippen molar-refractivity contribution in [2.45, 2.75) is 39.7 Å². The highest BCUT2D eigenvalue weighted by molar-refractivity contribution is 5.95. The maximum atomic E-state index is 11.9. The summed E-state index contributed by atoms with van der Waals surface area (Å²) in [6.07, 6.45) is 1.80. The maximum absolute atomic E-state index is 11.9. The monoisotopic (exact) mass is 234 g/mol. The van der Waals surface area contributed by atoms with Gasteiger partial charge in [-0.2, -0.15) is 0 Å². The SMILES string of the molecule is CCc1ccccc1NC(=O)[C@@H](N)[C@@H](C)CC. The summed E-state index contributed by atoms with van der Waals surface area (Å²) in [5.74, 6) is 0.101. The Balaban J connectivity index is 2.74. The van der Waals surface area contributed by atoms with Gasteiger partial charge in [0.15, 0.2) is 0 Å². The van der Waals surface area contributed by atoms with Gasteiger partial charge in [0.25, 0.3) is 0 Å². The van der Waals surface area contributed by atoms with Crippen LogP contribution in [0.1, 0.15) is 32.8 Å². The largest absolute Gasteiger partial charge is 0.324 e. The number of amides is 1. The molecular weight excluding hydrogens is 212 g/mol. The first kappa shape index (κ1) is 13.7. The van der Waals surface area contributed by atoms with E-state index in [0.29, 0.717) is 0 Å². The molecule has 3 heteroatoms. The minimum absolute atomic E-state index is 0.0970. The van der Waals surface area contributed by atoms with Crippen molar-refractivity contribution in [2.24, 2.45) is 11.7 Å². The minimum Gasteiger partial charge on any atom is -0.324 e. The Morgan fingerprint density at radius 3 is 2.59 bits per heavy atom. The van der Waals surface area contributed by atoms with E-state index in [-0.39, 0.29) is 11.8 Å². The zero-order chi connectivity index (χ0) is 12.8. The highest BCUT2D eigenvalue weighted by Gasteiger charge is 2.19. The topological polar surface area (TPSA) is 55.1 Å². The molecule has 1 amide bonds. The van der Waals surface area contributed by atoms with E-state index in [9.17, 15) is 4.79 Å². The van der Waals surface area contributed by atoms with Crippen LogP contribution >= 0.6 is 0 Å². The van der Waals surface area contributed by atoms with Gasteiger partial charge < -0.3 is 11.1 Å². The standard InChI is InChI=1S/C14H22N2O/c1-4-10(3)13(15)14(17)16-12-9-7-6-8-11(12)5-2/h6-10,13H,4-5,15H2,1-3H3,(H,16,17)/t10-,13-/m0/s1. The van der Waals surface area contributed by atoms with Gasteiger partial charge in [-0.25, -0.2) is 0 Å². The molecule has 0 aliphatic heterocycles. The Morgan fingerprint density at radius 1 is 1.35 bits per heavy atom. The summed E-state index contributed by atoms with van der Waals surface area (Å²) in [4.78, 5) is 11.9. The van der Waals surface area contributed by atoms with Crippen LogP contribution in [0.25, 0.3) is 0 Å². The van der Waals surface area contributed by atoms with Gasteiger partial charge in [0.2, 0.25) is 5.91 Å². The van der Waals surface area contributed by atoms with Crippen molar-refractivity contribution in [3.63, 3.8) is 0 Å². The second kappa shape index (κ2) is 6.40. The predicted molar refractivity (Wildman–Crippen MR) is 71.9 cm³/mol. The van der Waals surface area contributed by atoms with E-state index in [2.05, 4.69) is 12.2 Å². The molecule has 0 bridgehead atoms. The summed E-state index contributed by atoms with van der Waals surface area (Å²) < 4.78 is 0. The number of rotatable bonds is 5. The highest BCUT2D eigenvalue weighted by atomic mass is 16.2. The van der Waals surface area contributed by atoms with E-state index in [1.165, 1.54) is 0 Å². The number of hydrogen-bond acceptors (Lipinski definition) is 2. The second-order valence-electron chi connectivity index (χ2n) is 4.41. The molecule has 0 fully saturated rings. The highest BCUT2D eigenvalue weighted by Crippen LogP contribution is 2.16. The minimum atomic E-state index is -0.440. The first-order chi connectivity index (χ1) is 8.10. The molecule has 3 N–H and O–H groups in total. The van der Waals surface area contributed by atoms with Crippen LogP contribution in [-0.2, 0) is 11.2 Å². The molecular formula is C14H22N2O. The molecule has 0 aliphatic carbocycles. The first-order valence-corrected chi connectivity index (χ1v) is 6.24. The van der Waals surface area contributed by atoms with Gasteiger partial charge in [-0.05, 0) is 24.0 Å². The molecule has 0 unspecified atom stereocenters. The average Bonchev–Trinajstić information content (AvgIpc) is 2.37. The molecule has 2 atom stereocenters. The molecule has 0 heterocycles. The Bertz CT molecular complexity index is 376. The van der Waals surface area contributed by atoms with Crippen LogP contribution in [0.5, 0.6) is 0 Å². The van der Waals surface area contributed by atoms with Gasteiger partial charge in [-0.15, -0.1) is 0 Å². The summed E-state index contributed by atoms with van der Waals surface area (Å²) >= 11 is 0. The summed E-state index contributed by atoms with van der Waals surface area (Å²) in [5.41, 5.74) is 7.91. The number of benzene rings is 1. The lowest BCUT2D eigenvalue weighted by atomic mass is 9.99. The zero-order valence-corrected chi connectivity index (χ0v) is 10.9. The quantitative estimate of drug-likeness (QED) is 0.822. The molecule has 0 aliphatic rings. The number of aryl methyl sites for hydroxylation is 1. The molecule has 0 saturated heterocycles. The molecule has 1 aromatic carbocycles. The third-order valence-electron chi connectivity index (χ3n) is 3.22. The second-order valence-corrected chi connectivity index (χ2v) is 4.41. The molecule has 0 radical (unpaired) electrons. The van der Waals surface area contributed by atoms with Crippen LogP contribution in [0.4, 0.5) is 5.69 Å². The fourth-order valence-electron chi connectivity index (χ4n) is 1.68. The van der Waals surface area contributed by atoms with Gasteiger partial charge in [0.05, 0.1) is 6.04 Å².